The number of nitrogens with zero attached hydrogens (tertiary/aromatic N) is 3. The molecule has 0 aliphatic heterocycles. The molecule has 0 aliphatic carbocycles. The molecule has 0 spiro atoms. The van der Waals surface area contributed by atoms with Crippen LogP contribution in [0.1, 0.15) is 0 Å². The van der Waals surface area contributed by atoms with Crippen LogP contribution in [0.2, 0.25) is 0 Å². The molecule has 0 amide bonds. The Morgan fingerprint density at radius 2 is 2.12 bits per heavy atom. The van der Waals surface area contributed by atoms with Gasteiger partial charge < -0.3 is 4.42 Å². The topological polar surface area (TPSA) is 68.9 Å². The summed E-state index contributed by atoms with van der Waals surface area (Å²) in [5.74, 6) is 0.214. The fourth-order valence-electron chi connectivity index (χ4n) is 1.38. The molecule has 2 heterocycles. The summed E-state index contributed by atoms with van der Waals surface area (Å²) in [6.45, 7) is 0. The lowest BCUT2D eigenvalue weighted by Gasteiger charge is -1.96. The normalized spacial score (nSPS) is 10.8. The number of para-hydroxylation sites is 1. The first-order valence-electron chi connectivity index (χ1n) is 4.51. The molecule has 16 heavy (non-hydrogen) atoms. The lowest BCUT2D eigenvalue weighted by Crippen LogP contribution is -2.02. The van der Waals surface area contributed by atoms with E-state index in [2.05, 4.69) is 15.2 Å². The zero-order chi connectivity index (χ0) is 11.0. The highest BCUT2D eigenvalue weighted by Gasteiger charge is 2.10. The molecule has 78 valence electrons. The summed E-state index contributed by atoms with van der Waals surface area (Å²) in [6.07, 6.45) is 0. The van der Waals surface area contributed by atoms with Crippen molar-refractivity contribution < 1.29 is 4.42 Å². The summed E-state index contributed by atoms with van der Waals surface area (Å²) in [6, 6.07) is 7.03. The number of fused-ring (bicyclic) bond motifs is 1. The molecular formula is C10H5N3O2S. The lowest BCUT2D eigenvalue weighted by atomic mass is 10.2. The number of hydrogen-bond acceptors (Lipinski definition) is 6. The van der Waals surface area contributed by atoms with E-state index in [-0.39, 0.29) is 5.89 Å². The lowest BCUT2D eigenvalue weighted by molar-refractivity contribution is 0.517. The van der Waals surface area contributed by atoms with Crippen molar-refractivity contribution in [2.45, 2.75) is 0 Å². The first kappa shape index (κ1) is 9.17. The highest BCUT2D eigenvalue weighted by molar-refractivity contribution is 7.12. The molecule has 0 saturated heterocycles. The van der Waals surface area contributed by atoms with Gasteiger partial charge in [0, 0.05) is 0 Å². The van der Waals surface area contributed by atoms with Crippen molar-refractivity contribution in [2.24, 2.45) is 0 Å². The summed E-state index contributed by atoms with van der Waals surface area (Å²) in [4.78, 5) is 15.9. The van der Waals surface area contributed by atoms with Gasteiger partial charge >= 0.3 is 5.63 Å². The quantitative estimate of drug-likeness (QED) is 0.637. The molecule has 0 saturated carbocycles. The van der Waals surface area contributed by atoms with E-state index in [1.807, 2.05) is 6.07 Å². The van der Waals surface area contributed by atoms with Gasteiger partial charge in [-0.1, -0.05) is 23.5 Å². The molecule has 0 fully saturated rings. The summed E-state index contributed by atoms with van der Waals surface area (Å²) >= 11 is 1.28. The Kier molecular flexibility index (Phi) is 2.00. The van der Waals surface area contributed by atoms with Crippen molar-refractivity contribution in [3.8, 4) is 10.9 Å². The van der Waals surface area contributed by atoms with Gasteiger partial charge in [0.15, 0.2) is 0 Å². The molecule has 0 radical (unpaired) electrons. The van der Waals surface area contributed by atoms with E-state index in [9.17, 15) is 4.79 Å². The van der Waals surface area contributed by atoms with E-state index in [0.717, 1.165) is 0 Å². The number of rotatable bonds is 1. The SMILES string of the molecule is O=c1oc(-c2nncs2)nc2ccccc12. The Balaban J connectivity index is 2.34. The Bertz CT molecular complexity index is 691. The second-order valence-corrected chi connectivity index (χ2v) is 3.90. The van der Waals surface area contributed by atoms with Gasteiger partial charge in [0.05, 0.1) is 10.9 Å². The second-order valence-electron chi connectivity index (χ2n) is 3.07. The number of hydrogen-bond donors (Lipinski definition) is 0. The average Bonchev–Trinajstić information content (AvgIpc) is 2.82. The van der Waals surface area contributed by atoms with Crippen molar-refractivity contribution in [3.63, 3.8) is 0 Å². The smallest absolute Gasteiger partial charge is 0.347 e. The Labute approximate surface area is 93.4 Å². The maximum atomic E-state index is 11.6. The third kappa shape index (κ3) is 1.40. The fourth-order valence-corrected chi connectivity index (χ4v) is 1.85. The van der Waals surface area contributed by atoms with Crippen LogP contribution in [-0.4, -0.2) is 15.2 Å². The third-order valence-corrected chi connectivity index (χ3v) is 2.76. The van der Waals surface area contributed by atoms with Crippen LogP contribution in [0.3, 0.4) is 0 Å². The van der Waals surface area contributed by atoms with Gasteiger partial charge in [-0.15, -0.1) is 10.2 Å². The average molecular weight is 231 g/mol. The summed E-state index contributed by atoms with van der Waals surface area (Å²) in [7, 11) is 0. The van der Waals surface area contributed by atoms with Crippen LogP contribution in [0.15, 0.2) is 39.0 Å². The van der Waals surface area contributed by atoms with Crippen LogP contribution in [0.5, 0.6) is 0 Å². The molecule has 0 aliphatic rings. The molecule has 6 heteroatoms. The first-order chi connectivity index (χ1) is 7.84. The van der Waals surface area contributed by atoms with Crippen molar-refractivity contribution in [2.75, 3.05) is 0 Å². The predicted molar refractivity (Wildman–Crippen MR) is 59.2 cm³/mol. The summed E-state index contributed by atoms with van der Waals surface area (Å²) in [5, 5.41) is 8.45. The van der Waals surface area contributed by atoms with Crippen molar-refractivity contribution in [1.29, 1.82) is 0 Å². The van der Waals surface area contributed by atoms with Gasteiger partial charge in [-0.2, -0.15) is 0 Å². The van der Waals surface area contributed by atoms with Gasteiger partial charge in [0.25, 0.3) is 5.89 Å². The van der Waals surface area contributed by atoms with E-state index in [4.69, 9.17) is 4.42 Å². The largest absolute Gasteiger partial charge is 0.400 e. The Hall–Kier alpha value is -2.08. The Morgan fingerprint density at radius 1 is 1.25 bits per heavy atom. The Morgan fingerprint density at radius 3 is 2.94 bits per heavy atom. The van der Waals surface area contributed by atoms with E-state index in [0.29, 0.717) is 15.9 Å². The molecule has 0 unspecified atom stereocenters. The summed E-state index contributed by atoms with van der Waals surface area (Å²) < 4.78 is 5.08. The summed E-state index contributed by atoms with van der Waals surface area (Å²) in [5.41, 5.74) is 1.76. The van der Waals surface area contributed by atoms with Crippen LogP contribution < -0.4 is 5.63 Å². The van der Waals surface area contributed by atoms with Gasteiger partial charge in [-0.25, -0.2) is 9.78 Å². The minimum absolute atomic E-state index is 0.214. The standard InChI is InChI=1S/C10H5N3O2S/c14-10-6-3-1-2-4-7(6)12-8(15-10)9-13-11-5-16-9/h1-5H. The van der Waals surface area contributed by atoms with E-state index in [1.165, 1.54) is 11.3 Å². The highest BCUT2D eigenvalue weighted by atomic mass is 32.1. The molecule has 0 atom stereocenters. The zero-order valence-electron chi connectivity index (χ0n) is 7.95. The first-order valence-corrected chi connectivity index (χ1v) is 5.39. The second kappa shape index (κ2) is 3.49. The van der Waals surface area contributed by atoms with Crippen molar-refractivity contribution in [3.05, 3.63) is 40.2 Å². The molecule has 0 N–H and O–H groups in total. The minimum atomic E-state index is -0.407. The van der Waals surface area contributed by atoms with Gasteiger partial charge in [-0.05, 0) is 12.1 Å². The van der Waals surface area contributed by atoms with E-state index < -0.39 is 5.63 Å². The van der Waals surface area contributed by atoms with Crippen LogP contribution in [0.25, 0.3) is 21.8 Å². The van der Waals surface area contributed by atoms with Crippen LogP contribution >= 0.6 is 11.3 Å². The van der Waals surface area contributed by atoms with Gasteiger partial charge in [-0.3, -0.25) is 0 Å². The zero-order valence-corrected chi connectivity index (χ0v) is 8.77. The molecule has 1 aromatic carbocycles. The molecule has 5 nitrogen and oxygen atoms in total. The fraction of sp³-hybridized carbons (Fsp3) is 0. The molecular weight excluding hydrogens is 226 g/mol. The third-order valence-electron chi connectivity index (χ3n) is 2.08. The number of aromatic nitrogens is 3. The van der Waals surface area contributed by atoms with Crippen LogP contribution in [-0.2, 0) is 0 Å². The maximum absolute atomic E-state index is 11.6. The molecule has 3 rings (SSSR count). The number of benzene rings is 1. The molecule has 2 aromatic heterocycles. The van der Waals surface area contributed by atoms with Crippen LogP contribution in [0, 0.1) is 0 Å². The minimum Gasteiger partial charge on any atom is -0.400 e. The van der Waals surface area contributed by atoms with Gasteiger partial charge in [0.2, 0.25) is 5.01 Å². The van der Waals surface area contributed by atoms with E-state index in [1.54, 1.807) is 23.7 Å². The molecule has 0 bridgehead atoms. The predicted octanol–water partition coefficient (Wildman–Crippen LogP) is 1.71. The maximum Gasteiger partial charge on any atom is 0.347 e. The van der Waals surface area contributed by atoms with E-state index >= 15 is 0 Å². The monoisotopic (exact) mass is 231 g/mol. The molecule has 3 aromatic rings. The van der Waals surface area contributed by atoms with Gasteiger partial charge in [0.1, 0.15) is 5.51 Å². The van der Waals surface area contributed by atoms with Crippen LogP contribution in [0.4, 0.5) is 0 Å². The van der Waals surface area contributed by atoms with Crippen molar-refractivity contribution >= 4 is 22.2 Å². The van der Waals surface area contributed by atoms with Crippen molar-refractivity contribution in [1.82, 2.24) is 15.2 Å². The highest BCUT2D eigenvalue weighted by Crippen LogP contribution is 2.18.